The SMILES string of the molecule is CC(=N)c1ccccc1OC(F)(F)F. The van der Waals surface area contributed by atoms with Crippen LogP contribution in [0.25, 0.3) is 0 Å². The third-order valence-electron chi connectivity index (χ3n) is 1.52. The molecule has 5 heteroatoms. The van der Waals surface area contributed by atoms with Crippen molar-refractivity contribution < 1.29 is 17.9 Å². The molecule has 2 nitrogen and oxygen atoms in total. The van der Waals surface area contributed by atoms with E-state index in [1.807, 2.05) is 0 Å². The molecule has 0 saturated heterocycles. The third kappa shape index (κ3) is 2.76. The Balaban J connectivity index is 3.02. The largest absolute Gasteiger partial charge is 0.573 e. The van der Waals surface area contributed by atoms with Gasteiger partial charge in [0.05, 0.1) is 0 Å². The first kappa shape index (κ1) is 10.6. The molecule has 0 amide bonds. The van der Waals surface area contributed by atoms with Crippen molar-refractivity contribution in [3.63, 3.8) is 0 Å². The Kier molecular flexibility index (Phi) is 2.78. The van der Waals surface area contributed by atoms with Crippen LogP contribution in [0.5, 0.6) is 5.75 Å². The van der Waals surface area contributed by atoms with Gasteiger partial charge in [-0.1, -0.05) is 12.1 Å². The van der Waals surface area contributed by atoms with Crippen LogP contribution in [0.15, 0.2) is 24.3 Å². The first-order valence-electron chi connectivity index (χ1n) is 3.80. The van der Waals surface area contributed by atoms with E-state index in [-0.39, 0.29) is 17.0 Å². The molecule has 0 unspecified atom stereocenters. The predicted molar refractivity (Wildman–Crippen MR) is 45.6 cm³/mol. The fourth-order valence-electron chi connectivity index (χ4n) is 0.990. The van der Waals surface area contributed by atoms with Gasteiger partial charge in [-0.25, -0.2) is 0 Å². The quantitative estimate of drug-likeness (QED) is 0.736. The Morgan fingerprint density at radius 2 is 1.86 bits per heavy atom. The van der Waals surface area contributed by atoms with Crippen LogP contribution in [0, 0.1) is 5.41 Å². The third-order valence-corrected chi connectivity index (χ3v) is 1.52. The monoisotopic (exact) mass is 203 g/mol. The molecule has 1 aromatic carbocycles. The van der Waals surface area contributed by atoms with Gasteiger partial charge in [-0.2, -0.15) is 0 Å². The summed E-state index contributed by atoms with van der Waals surface area (Å²) < 4.78 is 39.4. The minimum Gasteiger partial charge on any atom is -0.405 e. The number of alkyl halides is 3. The highest BCUT2D eigenvalue weighted by molar-refractivity contribution is 5.98. The van der Waals surface area contributed by atoms with Crippen LogP contribution in [0.2, 0.25) is 0 Å². The highest BCUT2D eigenvalue weighted by Gasteiger charge is 2.32. The summed E-state index contributed by atoms with van der Waals surface area (Å²) in [6, 6.07) is 5.56. The second-order valence-corrected chi connectivity index (χ2v) is 2.67. The lowest BCUT2D eigenvalue weighted by Crippen LogP contribution is -2.18. The molecule has 0 fully saturated rings. The van der Waals surface area contributed by atoms with E-state index in [2.05, 4.69) is 4.74 Å². The van der Waals surface area contributed by atoms with Crippen LogP contribution in [0.4, 0.5) is 13.2 Å². The van der Waals surface area contributed by atoms with Gasteiger partial charge in [0.25, 0.3) is 0 Å². The topological polar surface area (TPSA) is 33.1 Å². The zero-order valence-electron chi connectivity index (χ0n) is 7.35. The van der Waals surface area contributed by atoms with E-state index in [0.717, 1.165) is 0 Å². The zero-order chi connectivity index (χ0) is 10.8. The number of hydrogen-bond acceptors (Lipinski definition) is 2. The molecule has 0 aromatic heterocycles. The molecule has 1 rings (SSSR count). The average molecular weight is 203 g/mol. The van der Waals surface area contributed by atoms with Gasteiger partial charge in [-0.3, -0.25) is 0 Å². The standard InChI is InChI=1S/C9H8F3NO/c1-6(13)7-4-2-3-5-8(7)14-9(10,11)12/h2-5,13H,1H3. The normalized spacial score (nSPS) is 11.1. The lowest BCUT2D eigenvalue weighted by molar-refractivity contribution is -0.274. The summed E-state index contributed by atoms with van der Waals surface area (Å²) in [4.78, 5) is 0. The van der Waals surface area contributed by atoms with Crippen molar-refractivity contribution >= 4 is 5.71 Å². The van der Waals surface area contributed by atoms with E-state index in [1.54, 1.807) is 6.07 Å². The Morgan fingerprint density at radius 3 is 2.36 bits per heavy atom. The Labute approximate surface area is 78.8 Å². The first-order valence-corrected chi connectivity index (χ1v) is 3.80. The van der Waals surface area contributed by atoms with Crippen LogP contribution in [-0.4, -0.2) is 12.1 Å². The van der Waals surface area contributed by atoms with Crippen molar-refractivity contribution in [3.8, 4) is 5.75 Å². The number of benzene rings is 1. The van der Waals surface area contributed by atoms with E-state index in [9.17, 15) is 13.2 Å². The van der Waals surface area contributed by atoms with E-state index in [0.29, 0.717) is 0 Å². The molecule has 0 heterocycles. The summed E-state index contributed by atoms with van der Waals surface area (Å²) in [6.45, 7) is 1.40. The number of para-hydroxylation sites is 1. The molecule has 0 aliphatic heterocycles. The molecule has 1 aromatic rings. The minimum atomic E-state index is -4.72. The smallest absolute Gasteiger partial charge is 0.405 e. The summed E-state index contributed by atoms with van der Waals surface area (Å²) in [6.07, 6.45) is -4.72. The lowest BCUT2D eigenvalue weighted by atomic mass is 10.1. The van der Waals surface area contributed by atoms with Crippen LogP contribution in [-0.2, 0) is 0 Å². The zero-order valence-corrected chi connectivity index (χ0v) is 7.35. The molecule has 76 valence electrons. The molecule has 0 saturated carbocycles. The predicted octanol–water partition coefficient (Wildman–Crippen LogP) is 2.97. The lowest BCUT2D eigenvalue weighted by Gasteiger charge is -2.11. The van der Waals surface area contributed by atoms with E-state index >= 15 is 0 Å². The molecule has 0 aliphatic rings. The van der Waals surface area contributed by atoms with E-state index in [4.69, 9.17) is 5.41 Å². The Hall–Kier alpha value is -1.52. The van der Waals surface area contributed by atoms with Crippen molar-refractivity contribution in [1.29, 1.82) is 5.41 Å². The maximum atomic E-state index is 11.9. The molecular weight excluding hydrogens is 195 g/mol. The molecular formula is C9H8F3NO. The molecule has 0 spiro atoms. The number of rotatable bonds is 2. The summed E-state index contributed by atoms with van der Waals surface area (Å²) in [5.41, 5.74) is 0.176. The van der Waals surface area contributed by atoms with Crippen molar-refractivity contribution in [3.05, 3.63) is 29.8 Å². The highest BCUT2D eigenvalue weighted by atomic mass is 19.4. The van der Waals surface area contributed by atoms with Gasteiger partial charge < -0.3 is 10.1 Å². The highest BCUT2D eigenvalue weighted by Crippen LogP contribution is 2.26. The molecule has 0 bridgehead atoms. The number of hydrogen-bond donors (Lipinski definition) is 1. The van der Waals surface area contributed by atoms with Crippen molar-refractivity contribution in [2.75, 3.05) is 0 Å². The van der Waals surface area contributed by atoms with Crippen LogP contribution in [0.3, 0.4) is 0 Å². The summed E-state index contributed by atoms with van der Waals surface area (Å²) >= 11 is 0. The van der Waals surface area contributed by atoms with Gasteiger partial charge in [0, 0.05) is 11.3 Å². The molecule has 0 aliphatic carbocycles. The van der Waals surface area contributed by atoms with Crippen molar-refractivity contribution in [1.82, 2.24) is 0 Å². The number of halogens is 3. The van der Waals surface area contributed by atoms with Gasteiger partial charge in [-0.15, -0.1) is 13.2 Å². The summed E-state index contributed by atoms with van der Waals surface area (Å²) in [5.74, 6) is -0.340. The number of nitrogens with one attached hydrogen (secondary N) is 1. The second-order valence-electron chi connectivity index (χ2n) is 2.67. The van der Waals surface area contributed by atoms with E-state index in [1.165, 1.54) is 25.1 Å². The molecule has 1 N–H and O–H groups in total. The Morgan fingerprint density at radius 1 is 1.29 bits per heavy atom. The minimum absolute atomic E-state index is 0.0323. The maximum Gasteiger partial charge on any atom is 0.573 e. The summed E-state index contributed by atoms with van der Waals surface area (Å²) in [7, 11) is 0. The second kappa shape index (κ2) is 3.69. The van der Waals surface area contributed by atoms with Crippen molar-refractivity contribution in [2.24, 2.45) is 0 Å². The number of ether oxygens (including phenoxy) is 1. The fraction of sp³-hybridized carbons (Fsp3) is 0.222. The molecule has 14 heavy (non-hydrogen) atoms. The fourth-order valence-corrected chi connectivity index (χ4v) is 0.990. The van der Waals surface area contributed by atoms with Crippen LogP contribution >= 0.6 is 0 Å². The molecule has 0 atom stereocenters. The first-order chi connectivity index (χ1) is 6.40. The summed E-state index contributed by atoms with van der Waals surface area (Å²) in [5, 5.41) is 7.24. The van der Waals surface area contributed by atoms with Gasteiger partial charge in [-0.05, 0) is 19.1 Å². The van der Waals surface area contributed by atoms with Gasteiger partial charge >= 0.3 is 6.36 Å². The average Bonchev–Trinajstić information content (AvgIpc) is 2.01. The van der Waals surface area contributed by atoms with Gasteiger partial charge in [0.2, 0.25) is 0 Å². The maximum absolute atomic E-state index is 11.9. The van der Waals surface area contributed by atoms with Gasteiger partial charge in [0.1, 0.15) is 5.75 Å². The van der Waals surface area contributed by atoms with Gasteiger partial charge in [0.15, 0.2) is 0 Å². The van der Waals surface area contributed by atoms with Crippen molar-refractivity contribution in [2.45, 2.75) is 13.3 Å². The van der Waals surface area contributed by atoms with E-state index < -0.39 is 6.36 Å². The van der Waals surface area contributed by atoms with Crippen LogP contribution < -0.4 is 4.74 Å². The molecule has 0 radical (unpaired) electrons. The van der Waals surface area contributed by atoms with Crippen LogP contribution in [0.1, 0.15) is 12.5 Å². The Bertz CT molecular complexity index is 346.